The molecule has 0 N–H and O–H groups in total. The van der Waals surface area contributed by atoms with Crippen molar-refractivity contribution in [1.29, 1.82) is 0 Å². The molecule has 3 aliphatic heterocycles. The van der Waals surface area contributed by atoms with Gasteiger partial charge in [0.2, 0.25) is 5.91 Å². The second-order valence-corrected chi connectivity index (χ2v) is 8.91. The number of likely N-dealkylation sites (tertiary alicyclic amines) is 1. The number of nitrogens with zero attached hydrogens (tertiary/aromatic N) is 1. The van der Waals surface area contributed by atoms with E-state index in [-0.39, 0.29) is 11.7 Å². The van der Waals surface area contributed by atoms with Crippen molar-refractivity contribution in [2.75, 3.05) is 26.3 Å². The van der Waals surface area contributed by atoms with Crippen molar-refractivity contribution < 1.29 is 23.8 Å². The third-order valence-electron chi connectivity index (χ3n) is 6.49. The maximum atomic E-state index is 12.8. The van der Waals surface area contributed by atoms with E-state index in [0.29, 0.717) is 62.6 Å². The predicted octanol–water partition coefficient (Wildman–Crippen LogP) is 4.11. The fraction of sp³-hybridized carbons (Fsp3) is 0.385. The molecule has 0 radical (unpaired) electrons. The molecule has 166 valence electrons. The number of hydrogen-bond donors (Lipinski definition) is 0. The van der Waals surface area contributed by atoms with Gasteiger partial charge in [-0.1, -0.05) is 12.1 Å². The standard InChI is InChI=1S/C26H27NO5/c1-17-13-18(2)25-20(14-17)21(28)16-26(32-25)7-9-27(10-8-26)24(29)6-4-19-3-5-22-23(15-19)31-12-11-30-22/h3-6,13-15H,7-12,16H2,1-2H3/b6-4-. The predicted molar refractivity (Wildman–Crippen MR) is 121 cm³/mol. The average molecular weight is 434 g/mol. The molecule has 2 aromatic carbocycles. The van der Waals surface area contributed by atoms with Crippen molar-refractivity contribution in [3.05, 3.63) is 58.7 Å². The van der Waals surface area contributed by atoms with Crippen molar-refractivity contribution in [2.45, 2.75) is 38.7 Å². The Kier molecular flexibility index (Phi) is 5.16. The van der Waals surface area contributed by atoms with E-state index in [1.54, 1.807) is 12.2 Å². The van der Waals surface area contributed by atoms with Crippen LogP contribution in [0, 0.1) is 13.8 Å². The number of benzene rings is 2. The number of fused-ring (bicyclic) bond motifs is 2. The molecule has 5 rings (SSSR count). The van der Waals surface area contributed by atoms with Crippen LogP contribution in [0.25, 0.3) is 6.08 Å². The van der Waals surface area contributed by atoms with Crippen LogP contribution in [0.1, 0.15) is 46.3 Å². The number of carbonyl (C=O) groups is 2. The van der Waals surface area contributed by atoms with Crippen LogP contribution in [0.2, 0.25) is 0 Å². The van der Waals surface area contributed by atoms with Gasteiger partial charge in [0.05, 0.1) is 12.0 Å². The fourth-order valence-corrected chi connectivity index (χ4v) is 4.79. The summed E-state index contributed by atoms with van der Waals surface area (Å²) in [5.41, 5.74) is 3.13. The molecule has 0 aromatic heterocycles. The van der Waals surface area contributed by atoms with Crippen LogP contribution in [-0.2, 0) is 4.79 Å². The molecule has 3 heterocycles. The Hall–Kier alpha value is -3.28. The first kappa shape index (κ1) is 20.6. The zero-order chi connectivity index (χ0) is 22.3. The lowest BCUT2D eigenvalue weighted by Crippen LogP contribution is -2.52. The number of rotatable bonds is 2. The summed E-state index contributed by atoms with van der Waals surface area (Å²) >= 11 is 0. The minimum Gasteiger partial charge on any atom is -0.486 e. The number of piperidine rings is 1. The van der Waals surface area contributed by atoms with E-state index in [1.807, 2.05) is 49.1 Å². The molecule has 6 heteroatoms. The number of hydrogen-bond acceptors (Lipinski definition) is 5. The number of aryl methyl sites for hydroxylation is 2. The highest BCUT2D eigenvalue weighted by atomic mass is 16.6. The highest BCUT2D eigenvalue weighted by Gasteiger charge is 2.44. The summed E-state index contributed by atoms with van der Waals surface area (Å²) in [7, 11) is 0. The van der Waals surface area contributed by atoms with E-state index >= 15 is 0 Å². The summed E-state index contributed by atoms with van der Waals surface area (Å²) < 4.78 is 17.6. The Bertz CT molecular complexity index is 1110. The highest BCUT2D eigenvalue weighted by Crippen LogP contribution is 2.41. The second-order valence-electron chi connectivity index (χ2n) is 8.91. The Labute approximate surface area is 187 Å². The molecule has 2 aromatic rings. The van der Waals surface area contributed by atoms with E-state index in [4.69, 9.17) is 14.2 Å². The lowest BCUT2D eigenvalue weighted by molar-refractivity contribution is -0.129. The molecular formula is C26H27NO5. The normalized spacial score (nSPS) is 19.1. The van der Waals surface area contributed by atoms with Crippen LogP contribution >= 0.6 is 0 Å². The summed E-state index contributed by atoms with van der Waals surface area (Å²) in [5, 5.41) is 0. The number of amides is 1. The molecule has 0 aliphatic carbocycles. The molecule has 32 heavy (non-hydrogen) atoms. The smallest absolute Gasteiger partial charge is 0.246 e. The van der Waals surface area contributed by atoms with Crippen molar-refractivity contribution >= 4 is 17.8 Å². The largest absolute Gasteiger partial charge is 0.486 e. The zero-order valence-corrected chi connectivity index (χ0v) is 18.5. The number of ketones is 1. The van der Waals surface area contributed by atoms with Gasteiger partial charge in [-0.05, 0) is 54.8 Å². The van der Waals surface area contributed by atoms with E-state index in [9.17, 15) is 9.59 Å². The van der Waals surface area contributed by atoms with Crippen LogP contribution in [0.4, 0.5) is 0 Å². The molecule has 1 amide bonds. The van der Waals surface area contributed by atoms with Crippen LogP contribution in [-0.4, -0.2) is 48.5 Å². The SMILES string of the molecule is Cc1cc(C)c2c(c1)C(=O)CC1(CCN(C(=O)/C=C\c3ccc4c(c3)OCCO4)CC1)O2. The number of Topliss-reactive ketones (excluding diaryl/α,β-unsaturated/α-hetero) is 1. The molecule has 1 saturated heterocycles. The van der Waals surface area contributed by atoms with Gasteiger partial charge in [-0.15, -0.1) is 0 Å². The second kappa shape index (κ2) is 8.01. The zero-order valence-electron chi connectivity index (χ0n) is 18.5. The summed E-state index contributed by atoms with van der Waals surface area (Å²) in [6.45, 7) is 6.20. The average Bonchev–Trinajstić information content (AvgIpc) is 2.79. The first-order chi connectivity index (χ1) is 15.4. The van der Waals surface area contributed by atoms with Crippen molar-refractivity contribution in [3.63, 3.8) is 0 Å². The summed E-state index contributed by atoms with van der Waals surface area (Å²) in [4.78, 5) is 27.4. The molecule has 1 spiro atoms. The van der Waals surface area contributed by atoms with Gasteiger partial charge in [0.25, 0.3) is 0 Å². The van der Waals surface area contributed by atoms with Gasteiger partial charge in [-0.3, -0.25) is 9.59 Å². The van der Waals surface area contributed by atoms with Crippen molar-refractivity contribution in [3.8, 4) is 17.2 Å². The van der Waals surface area contributed by atoms with Gasteiger partial charge >= 0.3 is 0 Å². The Morgan fingerprint density at radius 1 is 1.03 bits per heavy atom. The molecule has 0 bridgehead atoms. The van der Waals surface area contributed by atoms with Gasteiger partial charge < -0.3 is 19.1 Å². The van der Waals surface area contributed by atoms with Gasteiger partial charge in [0.15, 0.2) is 17.3 Å². The van der Waals surface area contributed by atoms with E-state index in [1.165, 1.54) is 0 Å². The van der Waals surface area contributed by atoms with E-state index in [2.05, 4.69) is 0 Å². The molecule has 1 fully saturated rings. The van der Waals surface area contributed by atoms with Gasteiger partial charge in [0.1, 0.15) is 24.6 Å². The topological polar surface area (TPSA) is 65.1 Å². The Balaban J connectivity index is 1.24. The number of carbonyl (C=O) groups excluding carboxylic acids is 2. The van der Waals surface area contributed by atoms with Gasteiger partial charge in [-0.25, -0.2) is 0 Å². The maximum Gasteiger partial charge on any atom is 0.246 e. The van der Waals surface area contributed by atoms with Gasteiger partial charge in [-0.2, -0.15) is 0 Å². The first-order valence-corrected chi connectivity index (χ1v) is 11.1. The fourth-order valence-electron chi connectivity index (χ4n) is 4.79. The summed E-state index contributed by atoms with van der Waals surface area (Å²) in [6, 6.07) is 9.62. The quantitative estimate of drug-likeness (QED) is 0.667. The minimum atomic E-state index is -0.513. The lowest BCUT2D eigenvalue weighted by atomic mass is 9.81. The van der Waals surface area contributed by atoms with E-state index in [0.717, 1.165) is 22.4 Å². The highest BCUT2D eigenvalue weighted by molar-refractivity contribution is 6.01. The minimum absolute atomic E-state index is 0.0379. The number of ether oxygens (including phenoxy) is 3. The Morgan fingerprint density at radius 2 is 1.78 bits per heavy atom. The molecule has 0 atom stereocenters. The molecule has 0 unspecified atom stereocenters. The lowest BCUT2D eigenvalue weighted by Gasteiger charge is -2.44. The molecule has 0 saturated carbocycles. The van der Waals surface area contributed by atoms with Crippen LogP contribution in [0.3, 0.4) is 0 Å². The maximum absolute atomic E-state index is 12.8. The first-order valence-electron chi connectivity index (χ1n) is 11.1. The van der Waals surface area contributed by atoms with Crippen molar-refractivity contribution in [1.82, 2.24) is 4.90 Å². The van der Waals surface area contributed by atoms with Crippen LogP contribution in [0.5, 0.6) is 17.2 Å². The third-order valence-corrected chi connectivity index (χ3v) is 6.49. The van der Waals surface area contributed by atoms with Crippen LogP contribution < -0.4 is 14.2 Å². The summed E-state index contributed by atoms with van der Waals surface area (Å²) in [5.74, 6) is 2.25. The Morgan fingerprint density at radius 3 is 2.56 bits per heavy atom. The van der Waals surface area contributed by atoms with E-state index < -0.39 is 5.60 Å². The van der Waals surface area contributed by atoms with Crippen LogP contribution in [0.15, 0.2) is 36.4 Å². The molecule has 3 aliphatic rings. The monoisotopic (exact) mass is 433 g/mol. The van der Waals surface area contributed by atoms with Gasteiger partial charge in [0, 0.05) is 32.0 Å². The summed E-state index contributed by atoms with van der Waals surface area (Å²) in [6.07, 6.45) is 5.06. The third kappa shape index (κ3) is 3.85. The molecule has 6 nitrogen and oxygen atoms in total. The molecular weight excluding hydrogens is 406 g/mol. The van der Waals surface area contributed by atoms with Crippen molar-refractivity contribution in [2.24, 2.45) is 0 Å².